The summed E-state index contributed by atoms with van der Waals surface area (Å²) in [5.41, 5.74) is 2.39. The molecule has 2 heterocycles. The average molecular weight is 365 g/mol. The molecule has 2 unspecified atom stereocenters. The van der Waals surface area contributed by atoms with Crippen LogP contribution in [0.4, 0.5) is 0 Å². The Bertz CT molecular complexity index is 452. The van der Waals surface area contributed by atoms with Gasteiger partial charge in [-0.05, 0) is 36.2 Å². The van der Waals surface area contributed by atoms with Gasteiger partial charge in [0.1, 0.15) is 0 Å². The van der Waals surface area contributed by atoms with Gasteiger partial charge in [0, 0.05) is 31.6 Å². The third-order valence-electron chi connectivity index (χ3n) is 3.85. The van der Waals surface area contributed by atoms with Crippen LogP contribution in [0.3, 0.4) is 0 Å². The standard InChI is InChI=1S/C14H23BrClN3O/c1-4-12-14(15)13(19(5-2)17-12)8-18-7-11(6-16)20-9-10(18)3/h10-11H,4-9H2,1-3H3. The van der Waals surface area contributed by atoms with Crippen LogP contribution in [0.15, 0.2) is 4.47 Å². The Kier molecular flexibility index (Phi) is 5.90. The van der Waals surface area contributed by atoms with E-state index in [1.54, 1.807) is 0 Å². The zero-order valence-electron chi connectivity index (χ0n) is 12.4. The lowest BCUT2D eigenvalue weighted by Crippen LogP contribution is -2.48. The topological polar surface area (TPSA) is 30.3 Å². The molecule has 114 valence electrons. The summed E-state index contributed by atoms with van der Waals surface area (Å²) in [6.45, 7) is 9.88. The smallest absolute Gasteiger partial charge is 0.0838 e. The molecule has 0 aliphatic carbocycles. The predicted molar refractivity (Wildman–Crippen MR) is 85.3 cm³/mol. The zero-order valence-corrected chi connectivity index (χ0v) is 14.7. The van der Waals surface area contributed by atoms with Crippen LogP contribution in [0.1, 0.15) is 32.2 Å². The van der Waals surface area contributed by atoms with Crippen LogP contribution in [-0.2, 0) is 24.2 Å². The first-order valence-electron chi connectivity index (χ1n) is 7.26. The number of ether oxygens (including phenoxy) is 1. The minimum absolute atomic E-state index is 0.135. The highest BCUT2D eigenvalue weighted by Crippen LogP contribution is 2.25. The molecule has 2 atom stereocenters. The van der Waals surface area contributed by atoms with Gasteiger partial charge in [-0.3, -0.25) is 9.58 Å². The Morgan fingerprint density at radius 1 is 1.45 bits per heavy atom. The van der Waals surface area contributed by atoms with E-state index in [4.69, 9.17) is 16.3 Å². The normalized spacial score (nSPS) is 24.2. The van der Waals surface area contributed by atoms with E-state index in [1.165, 1.54) is 5.69 Å². The Hall–Kier alpha value is -0.100. The number of alkyl halides is 1. The van der Waals surface area contributed by atoms with Gasteiger partial charge in [-0.15, -0.1) is 11.6 Å². The lowest BCUT2D eigenvalue weighted by molar-refractivity contribution is -0.0519. The molecule has 1 fully saturated rings. The Morgan fingerprint density at radius 3 is 2.80 bits per heavy atom. The van der Waals surface area contributed by atoms with Crippen LogP contribution < -0.4 is 0 Å². The summed E-state index contributed by atoms with van der Waals surface area (Å²) in [6, 6.07) is 0.409. The molecule has 4 nitrogen and oxygen atoms in total. The SMILES string of the molecule is CCc1nn(CC)c(CN2CC(CCl)OCC2C)c1Br. The minimum Gasteiger partial charge on any atom is -0.374 e. The Morgan fingerprint density at radius 2 is 2.20 bits per heavy atom. The summed E-state index contributed by atoms with van der Waals surface area (Å²) in [5, 5.41) is 4.66. The molecule has 0 aromatic carbocycles. The molecule has 0 saturated carbocycles. The second kappa shape index (κ2) is 7.25. The van der Waals surface area contributed by atoms with Crippen molar-refractivity contribution in [3.63, 3.8) is 0 Å². The quantitative estimate of drug-likeness (QED) is 0.752. The number of hydrogen-bond donors (Lipinski definition) is 0. The highest BCUT2D eigenvalue weighted by atomic mass is 79.9. The summed E-state index contributed by atoms with van der Waals surface area (Å²) < 4.78 is 8.97. The fourth-order valence-electron chi connectivity index (χ4n) is 2.55. The molecule has 0 N–H and O–H groups in total. The van der Waals surface area contributed by atoms with Crippen molar-refractivity contribution in [2.24, 2.45) is 0 Å². The van der Waals surface area contributed by atoms with E-state index in [1.807, 2.05) is 0 Å². The molecule has 0 radical (unpaired) electrons. The molecular formula is C14H23BrClN3O. The molecular weight excluding hydrogens is 342 g/mol. The van der Waals surface area contributed by atoms with E-state index in [0.717, 1.165) is 42.8 Å². The first kappa shape index (κ1) is 16.3. The van der Waals surface area contributed by atoms with Crippen LogP contribution in [0.2, 0.25) is 0 Å². The van der Waals surface area contributed by atoms with Gasteiger partial charge in [-0.25, -0.2) is 0 Å². The number of halogens is 2. The Balaban J connectivity index is 2.17. The fraction of sp³-hybridized carbons (Fsp3) is 0.786. The summed E-state index contributed by atoms with van der Waals surface area (Å²) in [5.74, 6) is 0.553. The highest BCUT2D eigenvalue weighted by molar-refractivity contribution is 9.10. The van der Waals surface area contributed by atoms with Crippen molar-refractivity contribution in [3.05, 3.63) is 15.9 Å². The van der Waals surface area contributed by atoms with Gasteiger partial charge in [-0.2, -0.15) is 5.10 Å². The van der Waals surface area contributed by atoms with Crippen LogP contribution in [0.5, 0.6) is 0 Å². The van der Waals surface area contributed by atoms with Crippen molar-refractivity contribution in [3.8, 4) is 0 Å². The van der Waals surface area contributed by atoms with Crippen molar-refractivity contribution in [1.82, 2.24) is 14.7 Å². The first-order valence-corrected chi connectivity index (χ1v) is 8.59. The molecule has 1 saturated heterocycles. The second-order valence-corrected chi connectivity index (χ2v) is 6.37. The number of morpholine rings is 1. The van der Waals surface area contributed by atoms with E-state index in [2.05, 4.69) is 51.4 Å². The number of hydrogen-bond acceptors (Lipinski definition) is 3. The summed E-state index contributed by atoms with van der Waals surface area (Å²) >= 11 is 9.65. The van der Waals surface area contributed by atoms with Gasteiger partial charge in [0.2, 0.25) is 0 Å². The van der Waals surface area contributed by atoms with E-state index < -0.39 is 0 Å². The van der Waals surface area contributed by atoms with Gasteiger partial charge in [0.05, 0.1) is 28.6 Å². The van der Waals surface area contributed by atoms with Crippen molar-refractivity contribution in [1.29, 1.82) is 0 Å². The van der Waals surface area contributed by atoms with Gasteiger partial charge >= 0.3 is 0 Å². The maximum atomic E-state index is 5.93. The van der Waals surface area contributed by atoms with Crippen molar-refractivity contribution < 1.29 is 4.74 Å². The number of aryl methyl sites for hydroxylation is 2. The Labute approximate surface area is 134 Å². The maximum absolute atomic E-state index is 5.93. The van der Waals surface area contributed by atoms with Gasteiger partial charge in [0.25, 0.3) is 0 Å². The average Bonchev–Trinajstić information content (AvgIpc) is 2.77. The van der Waals surface area contributed by atoms with Gasteiger partial charge in [0.15, 0.2) is 0 Å². The first-order chi connectivity index (χ1) is 9.60. The van der Waals surface area contributed by atoms with Crippen LogP contribution in [0.25, 0.3) is 0 Å². The van der Waals surface area contributed by atoms with E-state index in [-0.39, 0.29) is 6.10 Å². The van der Waals surface area contributed by atoms with Gasteiger partial charge in [-0.1, -0.05) is 6.92 Å². The molecule has 2 rings (SSSR count). The number of rotatable bonds is 5. The minimum atomic E-state index is 0.135. The third-order valence-corrected chi connectivity index (χ3v) is 5.11. The molecule has 20 heavy (non-hydrogen) atoms. The van der Waals surface area contributed by atoms with E-state index >= 15 is 0 Å². The number of aromatic nitrogens is 2. The predicted octanol–water partition coefficient (Wildman–Crippen LogP) is 3.06. The molecule has 1 aromatic rings. The summed E-state index contributed by atoms with van der Waals surface area (Å²) in [4.78, 5) is 2.43. The van der Waals surface area contributed by atoms with Crippen molar-refractivity contribution in [2.75, 3.05) is 19.0 Å². The largest absolute Gasteiger partial charge is 0.374 e. The van der Waals surface area contributed by atoms with Crippen LogP contribution in [0, 0.1) is 0 Å². The van der Waals surface area contributed by atoms with Crippen LogP contribution in [-0.4, -0.2) is 45.9 Å². The van der Waals surface area contributed by atoms with Crippen LogP contribution >= 0.6 is 27.5 Å². The molecule has 0 spiro atoms. The summed E-state index contributed by atoms with van der Waals surface area (Å²) in [7, 11) is 0. The van der Waals surface area contributed by atoms with E-state index in [0.29, 0.717) is 11.9 Å². The van der Waals surface area contributed by atoms with Gasteiger partial charge < -0.3 is 4.74 Å². The lowest BCUT2D eigenvalue weighted by Gasteiger charge is -2.37. The van der Waals surface area contributed by atoms with Crippen molar-refractivity contribution in [2.45, 2.75) is 52.4 Å². The highest BCUT2D eigenvalue weighted by Gasteiger charge is 2.27. The molecule has 0 amide bonds. The molecule has 6 heteroatoms. The monoisotopic (exact) mass is 363 g/mol. The number of nitrogens with zero attached hydrogens (tertiary/aromatic N) is 3. The van der Waals surface area contributed by atoms with E-state index in [9.17, 15) is 0 Å². The van der Waals surface area contributed by atoms with Crippen molar-refractivity contribution >= 4 is 27.5 Å². The second-order valence-electron chi connectivity index (χ2n) is 5.26. The fourth-order valence-corrected chi connectivity index (χ4v) is 3.43. The molecule has 1 aromatic heterocycles. The molecule has 1 aliphatic rings. The molecule has 0 bridgehead atoms. The maximum Gasteiger partial charge on any atom is 0.0838 e. The summed E-state index contributed by atoms with van der Waals surface area (Å²) in [6.07, 6.45) is 1.08. The zero-order chi connectivity index (χ0) is 14.7. The lowest BCUT2D eigenvalue weighted by atomic mass is 10.2. The molecule has 1 aliphatic heterocycles. The third kappa shape index (κ3) is 3.38.